The predicted molar refractivity (Wildman–Crippen MR) is 184 cm³/mol. The number of rotatable bonds is 8. The lowest BCUT2D eigenvalue weighted by molar-refractivity contribution is -0.129. The Hall–Kier alpha value is -4.65. The van der Waals surface area contributed by atoms with Crippen LogP contribution in [0.2, 0.25) is 0 Å². The van der Waals surface area contributed by atoms with Crippen LogP contribution in [0.5, 0.6) is 5.75 Å². The fourth-order valence-electron chi connectivity index (χ4n) is 6.66. The number of carbonyl (C=O) groups excluding carboxylic acids is 1. The fourth-order valence-corrected chi connectivity index (χ4v) is 7.60. The second-order valence-corrected chi connectivity index (χ2v) is 13.0. The van der Waals surface area contributed by atoms with E-state index < -0.39 is 11.6 Å². The van der Waals surface area contributed by atoms with E-state index in [0.29, 0.717) is 35.7 Å². The van der Waals surface area contributed by atoms with E-state index in [0.717, 1.165) is 65.3 Å². The number of fused-ring (bicyclic) bond motifs is 2. The summed E-state index contributed by atoms with van der Waals surface area (Å²) in [7, 11) is 2.13. The number of pyridine rings is 1. The van der Waals surface area contributed by atoms with Crippen LogP contribution in [0, 0.1) is 11.6 Å². The van der Waals surface area contributed by atoms with Crippen molar-refractivity contribution in [3.8, 4) is 39.5 Å². The number of carbonyl (C=O) groups is 1. The highest BCUT2D eigenvalue weighted by Gasteiger charge is 2.31. The van der Waals surface area contributed by atoms with Crippen molar-refractivity contribution >= 4 is 33.0 Å². The second kappa shape index (κ2) is 13.1. The van der Waals surface area contributed by atoms with Gasteiger partial charge in [-0.15, -0.1) is 11.3 Å². The molecule has 0 aliphatic carbocycles. The fraction of sp³-hybridized carbons (Fsp3) is 0.306. The van der Waals surface area contributed by atoms with Crippen LogP contribution in [0.4, 0.5) is 14.5 Å². The van der Waals surface area contributed by atoms with Crippen molar-refractivity contribution < 1.29 is 23.4 Å². The zero-order valence-electron chi connectivity index (χ0n) is 26.8. The molecule has 1 fully saturated rings. The number of thiophene rings is 1. The standard InChI is InChI=1S/C36H36F2N6O3S/c1-4-31(46)43-14-15-44-29(22(43)2)21-28(40-44)35-33(32-27(38)19-24(37)20-30(32)47-17-16-45)36-26(9-18-48-36)34(39-35)23-5-7-25(8-6-23)42-12-10-41(3)11-13-42/h4-9,18-22,45H,1,10-17H2,2-3H3/t22-/m1/s1. The largest absolute Gasteiger partial charge is 0.490 e. The van der Waals surface area contributed by atoms with Crippen molar-refractivity contribution in [3.05, 3.63) is 83.9 Å². The molecule has 0 radical (unpaired) electrons. The Balaban J connectivity index is 1.42. The number of ether oxygens (including phenoxy) is 1. The van der Waals surface area contributed by atoms with Gasteiger partial charge in [-0.2, -0.15) is 5.10 Å². The molecule has 5 heterocycles. The highest BCUT2D eigenvalue weighted by molar-refractivity contribution is 7.18. The Morgan fingerprint density at radius 2 is 1.81 bits per heavy atom. The summed E-state index contributed by atoms with van der Waals surface area (Å²) in [5.74, 6) is -1.82. The maximum absolute atomic E-state index is 16.0. The first-order chi connectivity index (χ1) is 23.3. The minimum atomic E-state index is -0.815. The average Bonchev–Trinajstić information content (AvgIpc) is 3.76. The van der Waals surface area contributed by atoms with Crippen LogP contribution in [-0.4, -0.2) is 88.6 Å². The molecular formula is C36H36F2N6O3S. The topological polar surface area (TPSA) is 87.0 Å². The van der Waals surface area contributed by atoms with Crippen molar-refractivity contribution in [2.24, 2.45) is 0 Å². The van der Waals surface area contributed by atoms with Crippen LogP contribution < -0.4 is 9.64 Å². The third-order valence-electron chi connectivity index (χ3n) is 9.19. The van der Waals surface area contributed by atoms with E-state index in [-0.39, 0.29) is 36.5 Å². The molecule has 9 nitrogen and oxygen atoms in total. The molecule has 2 aliphatic heterocycles. The van der Waals surface area contributed by atoms with E-state index in [1.54, 1.807) is 4.90 Å². The monoisotopic (exact) mass is 670 g/mol. The molecule has 1 atom stereocenters. The third kappa shape index (κ3) is 5.73. The number of halogens is 2. The molecule has 7 rings (SSSR count). The molecule has 1 saturated heterocycles. The van der Waals surface area contributed by atoms with Crippen LogP contribution in [0.25, 0.3) is 43.9 Å². The molecule has 5 aromatic rings. The van der Waals surface area contributed by atoms with Gasteiger partial charge in [0.25, 0.3) is 0 Å². The Morgan fingerprint density at radius 3 is 2.54 bits per heavy atom. The first-order valence-electron chi connectivity index (χ1n) is 16.0. The number of aromatic nitrogens is 3. The molecule has 0 unspecified atom stereocenters. The SMILES string of the molecule is C=CC(=O)N1CCn2nc(-c3nc(-c4ccc(N5CCN(C)CC5)cc4)c4ccsc4c3-c3c(F)cc(F)cc3OCCO)cc2[C@H]1C. The zero-order valence-corrected chi connectivity index (χ0v) is 27.6. The first-order valence-corrected chi connectivity index (χ1v) is 16.8. The number of aliphatic hydroxyl groups excluding tert-OH is 1. The summed E-state index contributed by atoms with van der Waals surface area (Å²) in [6.45, 7) is 9.93. The molecule has 0 saturated carbocycles. The number of amides is 1. The number of hydrogen-bond donors (Lipinski definition) is 1. The predicted octanol–water partition coefficient (Wildman–Crippen LogP) is 5.98. The maximum Gasteiger partial charge on any atom is 0.246 e. The van der Waals surface area contributed by atoms with E-state index in [1.165, 1.54) is 17.4 Å². The van der Waals surface area contributed by atoms with Gasteiger partial charge in [0.05, 0.1) is 36.1 Å². The van der Waals surface area contributed by atoms with E-state index in [9.17, 15) is 14.3 Å². The molecule has 0 spiro atoms. The molecule has 248 valence electrons. The number of anilines is 1. The number of nitrogens with zero attached hydrogens (tertiary/aromatic N) is 6. The average molecular weight is 671 g/mol. The van der Waals surface area contributed by atoms with Crippen LogP contribution in [-0.2, 0) is 11.3 Å². The van der Waals surface area contributed by atoms with Gasteiger partial charge in [-0.25, -0.2) is 13.8 Å². The van der Waals surface area contributed by atoms with Gasteiger partial charge in [0.2, 0.25) is 5.91 Å². The van der Waals surface area contributed by atoms with Gasteiger partial charge in [-0.1, -0.05) is 18.7 Å². The van der Waals surface area contributed by atoms with Crippen molar-refractivity contribution in [2.75, 3.05) is 57.9 Å². The van der Waals surface area contributed by atoms with E-state index in [2.05, 4.69) is 47.7 Å². The Morgan fingerprint density at radius 1 is 1.04 bits per heavy atom. The molecule has 1 N–H and O–H groups in total. The molecule has 2 aromatic carbocycles. The molecule has 2 aliphatic rings. The van der Waals surface area contributed by atoms with Crippen LogP contribution in [0.1, 0.15) is 18.7 Å². The summed E-state index contributed by atoms with van der Waals surface area (Å²) in [5, 5.41) is 17.2. The number of aliphatic hydroxyl groups is 1. The lowest BCUT2D eigenvalue weighted by Crippen LogP contribution is -2.44. The maximum atomic E-state index is 16.0. The van der Waals surface area contributed by atoms with Gasteiger partial charge in [0.1, 0.15) is 35.4 Å². The van der Waals surface area contributed by atoms with Gasteiger partial charge >= 0.3 is 0 Å². The quantitative estimate of drug-likeness (QED) is 0.203. The number of likely N-dealkylation sites (N-methyl/N-ethyl adjacent to an activating group) is 1. The number of benzene rings is 2. The Labute approximate surface area is 281 Å². The summed E-state index contributed by atoms with van der Waals surface area (Å²) >= 11 is 1.42. The highest BCUT2D eigenvalue weighted by atomic mass is 32.1. The van der Waals surface area contributed by atoms with Gasteiger partial charge in [0, 0.05) is 71.8 Å². The van der Waals surface area contributed by atoms with Crippen LogP contribution in [0.15, 0.2) is 66.6 Å². The van der Waals surface area contributed by atoms with Crippen molar-refractivity contribution in [1.29, 1.82) is 0 Å². The van der Waals surface area contributed by atoms with Crippen LogP contribution in [0.3, 0.4) is 0 Å². The minimum absolute atomic E-state index is 0.0383. The summed E-state index contributed by atoms with van der Waals surface area (Å²) < 4.78 is 38.9. The van der Waals surface area contributed by atoms with Crippen molar-refractivity contribution in [2.45, 2.75) is 19.5 Å². The third-order valence-corrected chi connectivity index (χ3v) is 10.1. The zero-order chi connectivity index (χ0) is 33.5. The van der Waals surface area contributed by atoms with Gasteiger partial charge in [-0.05, 0) is 49.7 Å². The van der Waals surface area contributed by atoms with Crippen LogP contribution >= 0.6 is 11.3 Å². The molecular weight excluding hydrogens is 634 g/mol. The highest BCUT2D eigenvalue weighted by Crippen LogP contribution is 2.47. The normalized spacial score (nSPS) is 16.7. The summed E-state index contributed by atoms with van der Waals surface area (Å²) in [6.07, 6.45) is 1.31. The van der Waals surface area contributed by atoms with E-state index >= 15 is 4.39 Å². The number of hydrogen-bond acceptors (Lipinski definition) is 8. The van der Waals surface area contributed by atoms with Gasteiger partial charge < -0.3 is 24.5 Å². The Kier molecular flexibility index (Phi) is 8.71. The molecule has 12 heteroatoms. The molecule has 3 aromatic heterocycles. The smallest absolute Gasteiger partial charge is 0.246 e. The first kappa shape index (κ1) is 31.9. The van der Waals surface area contributed by atoms with Gasteiger partial charge in [-0.3, -0.25) is 9.48 Å². The van der Waals surface area contributed by atoms with E-state index in [4.69, 9.17) is 14.8 Å². The summed E-state index contributed by atoms with van der Waals surface area (Å²) in [4.78, 5) is 24.2. The summed E-state index contributed by atoms with van der Waals surface area (Å²) in [5.41, 5.74) is 4.89. The van der Waals surface area contributed by atoms with Crippen molar-refractivity contribution in [1.82, 2.24) is 24.6 Å². The van der Waals surface area contributed by atoms with Crippen molar-refractivity contribution in [3.63, 3.8) is 0 Å². The van der Waals surface area contributed by atoms with Gasteiger partial charge in [0.15, 0.2) is 0 Å². The second-order valence-electron chi connectivity index (χ2n) is 12.1. The lowest BCUT2D eigenvalue weighted by Gasteiger charge is -2.34. The lowest BCUT2D eigenvalue weighted by atomic mass is 9.96. The number of piperazine rings is 1. The summed E-state index contributed by atoms with van der Waals surface area (Å²) in [6, 6.07) is 13.8. The van der Waals surface area contributed by atoms with E-state index in [1.807, 2.05) is 29.1 Å². The molecule has 1 amide bonds. The Bertz CT molecular complexity index is 2000. The molecule has 0 bridgehead atoms. The molecule has 48 heavy (non-hydrogen) atoms. The minimum Gasteiger partial charge on any atom is -0.490 e.